The van der Waals surface area contributed by atoms with Crippen LogP contribution in [-0.4, -0.2) is 33.4 Å². The van der Waals surface area contributed by atoms with Crippen molar-refractivity contribution in [1.29, 1.82) is 0 Å². The van der Waals surface area contributed by atoms with Crippen LogP contribution in [-0.2, 0) is 11.2 Å². The Morgan fingerprint density at radius 1 is 1.24 bits per heavy atom. The Morgan fingerprint density at radius 3 is 2.48 bits per heavy atom. The molecule has 1 atom stereocenters. The molecule has 2 aromatic heterocycles. The first-order valence-corrected chi connectivity index (χ1v) is 9.58. The summed E-state index contributed by atoms with van der Waals surface area (Å²) in [5, 5.41) is 3.03. The maximum absolute atomic E-state index is 12.5. The van der Waals surface area contributed by atoms with Gasteiger partial charge < -0.3 is 16.0 Å². The van der Waals surface area contributed by atoms with Crippen molar-refractivity contribution in [1.82, 2.24) is 20.3 Å². The molecule has 9 heteroatoms. The minimum atomic E-state index is -0.286. The lowest BCUT2D eigenvalue weighted by molar-refractivity contribution is -0.121. The van der Waals surface area contributed by atoms with Crippen molar-refractivity contribution >= 4 is 30.7 Å². The number of hydrogen-bond acceptors (Lipinski definition) is 5. The number of aromatic nitrogens is 3. The van der Waals surface area contributed by atoms with E-state index in [4.69, 9.17) is 5.73 Å². The number of nitrogens with two attached hydrogens (primary N) is 1. The summed E-state index contributed by atoms with van der Waals surface area (Å²) in [4.78, 5) is 36.2. The maximum atomic E-state index is 12.5. The number of nitrogens with one attached hydrogen (secondary N) is 2. The maximum Gasteiger partial charge on any atom is 0.255 e. The summed E-state index contributed by atoms with van der Waals surface area (Å²) >= 11 is 0. The van der Waals surface area contributed by atoms with Crippen LogP contribution in [0.15, 0.2) is 29.3 Å². The van der Waals surface area contributed by atoms with Gasteiger partial charge in [0.2, 0.25) is 5.91 Å². The molecule has 1 amide bonds. The summed E-state index contributed by atoms with van der Waals surface area (Å²) in [7, 11) is 0. The number of aromatic amines is 1. The average Bonchev–Trinajstić information content (AvgIpc) is 2.70. The molecule has 1 fully saturated rings. The van der Waals surface area contributed by atoms with E-state index in [2.05, 4.69) is 20.3 Å². The Hall–Kier alpha value is -1.96. The molecular formula is C20H29Cl2N5O2. The molecular weight excluding hydrogens is 413 g/mol. The quantitative estimate of drug-likeness (QED) is 0.636. The van der Waals surface area contributed by atoms with Crippen LogP contribution in [0.1, 0.15) is 43.4 Å². The number of rotatable bonds is 6. The Bertz CT molecular complexity index is 839. The van der Waals surface area contributed by atoms with Gasteiger partial charge in [-0.15, -0.1) is 24.8 Å². The van der Waals surface area contributed by atoms with E-state index in [0.717, 1.165) is 18.4 Å². The summed E-state index contributed by atoms with van der Waals surface area (Å²) in [5.74, 6) is 0.730. The normalized spacial score (nSPS) is 15.0. The van der Waals surface area contributed by atoms with Crippen LogP contribution in [0.4, 0.5) is 0 Å². The topological polar surface area (TPSA) is 114 Å². The van der Waals surface area contributed by atoms with Gasteiger partial charge in [-0.2, -0.15) is 0 Å². The van der Waals surface area contributed by atoms with E-state index in [0.29, 0.717) is 29.5 Å². The number of carbonyl (C=O) groups excluding carboxylic acids is 1. The number of aryl methyl sites for hydroxylation is 1. The standard InChI is InChI=1S/C20H27N5O2.2ClH/c1-13-16(20(27)25-19(23-13)15-7-9-22-10-8-15)11-18(26)24-17(12-21)14-5-3-2-4-6-14;;/h7-10,14,17H,2-6,11-12,21H2,1H3,(H,24,26)(H,23,25,27);2*1H. The molecule has 1 aliphatic rings. The first-order chi connectivity index (χ1) is 13.1. The lowest BCUT2D eigenvalue weighted by Crippen LogP contribution is -2.46. The molecule has 3 rings (SSSR count). The third-order valence-electron chi connectivity index (χ3n) is 5.33. The van der Waals surface area contributed by atoms with Crippen molar-refractivity contribution in [3.63, 3.8) is 0 Å². The number of amides is 1. The van der Waals surface area contributed by atoms with Gasteiger partial charge in [0.1, 0.15) is 5.82 Å². The lowest BCUT2D eigenvalue weighted by atomic mass is 9.84. The number of hydrogen-bond donors (Lipinski definition) is 3. The predicted octanol–water partition coefficient (Wildman–Crippen LogP) is 2.55. The molecule has 29 heavy (non-hydrogen) atoms. The fraction of sp³-hybridized carbons (Fsp3) is 0.500. The van der Waals surface area contributed by atoms with Crippen molar-refractivity contribution in [2.45, 2.75) is 51.5 Å². The molecule has 1 saturated carbocycles. The monoisotopic (exact) mass is 441 g/mol. The van der Waals surface area contributed by atoms with Crippen molar-refractivity contribution in [3.8, 4) is 11.4 Å². The van der Waals surface area contributed by atoms with Gasteiger partial charge in [-0.25, -0.2) is 4.98 Å². The van der Waals surface area contributed by atoms with Crippen LogP contribution in [0.2, 0.25) is 0 Å². The Kier molecular flexibility index (Phi) is 10.3. The lowest BCUT2D eigenvalue weighted by Gasteiger charge is -2.30. The number of nitrogens with zero attached hydrogens (tertiary/aromatic N) is 2. The molecule has 2 aromatic rings. The first-order valence-electron chi connectivity index (χ1n) is 9.58. The third-order valence-corrected chi connectivity index (χ3v) is 5.33. The number of pyridine rings is 1. The molecule has 0 saturated heterocycles. The highest BCUT2D eigenvalue weighted by atomic mass is 35.5. The van der Waals surface area contributed by atoms with Gasteiger partial charge in [0, 0.05) is 41.8 Å². The molecule has 0 spiro atoms. The summed E-state index contributed by atoms with van der Waals surface area (Å²) in [5.41, 5.74) is 7.33. The molecule has 4 N–H and O–H groups in total. The minimum absolute atomic E-state index is 0. The van der Waals surface area contributed by atoms with Crippen LogP contribution in [0.25, 0.3) is 11.4 Å². The van der Waals surface area contributed by atoms with E-state index < -0.39 is 0 Å². The number of halogens is 2. The van der Waals surface area contributed by atoms with Crippen LogP contribution in [0, 0.1) is 12.8 Å². The zero-order chi connectivity index (χ0) is 19.2. The van der Waals surface area contributed by atoms with Gasteiger partial charge in [0.25, 0.3) is 5.56 Å². The van der Waals surface area contributed by atoms with Crippen molar-refractivity contribution < 1.29 is 4.79 Å². The predicted molar refractivity (Wildman–Crippen MR) is 119 cm³/mol. The average molecular weight is 442 g/mol. The zero-order valence-electron chi connectivity index (χ0n) is 16.5. The molecule has 0 radical (unpaired) electrons. The fourth-order valence-electron chi connectivity index (χ4n) is 3.79. The Balaban J connectivity index is 0.00000210. The van der Waals surface area contributed by atoms with Crippen molar-refractivity contribution in [2.24, 2.45) is 11.7 Å². The first kappa shape index (κ1) is 25.1. The second-order valence-electron chi connectivity index (χ2n) is 7.20. The van der Waals surface area contributed by atoms with Gasteiger partial charge in [-0.1, -0.05) is 19.3 Å². The van der Waals surface area contributed by atoms with E-state index in [-0.39, 0.29) is 48.7 Å². The van der Waals surface area contributed by atoms with E-state index >= 15 is 0 Å². The number of H-pyrrole nitrogens is 1. The molecule has 0 aromatic carbocycles. The van der Waals surface area contributed by atoms with Crippen LogP contribution < -0.4 is 16.6 Å². The molecule has 0 aliphatic heterocycles. The van der Waals surface area contributed by atoms with E-state index in [1.165, 1.54) is 19.3 Å². The molecule has 160 valence electrons. The highest BCUT2D eigenvalue weighted by Crippen LogP contribution is 2.26. The molecule has 1 aliphatic carbocycles. The van der Waals surface area contributed by atoms with Gasteiger partial charge in [0.05, 0.1) is 6.42 Å². The van der Waals surface area contributed by atoms with Crippen LogP contribution >= 0.6 is 24.8 Å². The van der Waals surface area contributed by atoms with Crippen LogP contribution in [0.3, 0.4) is 0 Å². The molecule has 0 bridgehead atoms. The van der Waals surface area contributed by atoms with Gasteiger partial charge in [0.15, 0.2) is 0 Å². The van der Waals surface area contributed by atoms with Crippen LogP contribution in [0.5, 0.6) is 0 Å². The molecule has 7 nitrogen and oxygen atoms in total. The summed E-state index contributed by atoms with van der Waals surface area (Å²) in [6.45, 7) is 2.18. The highest BCUT2D eigenvalue weighted by Gasteiger charge is 2.24. The summed E-state index contributed by atoms with van der Waals surface area (Å²) in [6, 6.07) is 3.53. The van der Waals surface area contributed by atoms with Crippen molar-refractivity contribution in [2.75, 3.05) is 6.54 Å². The van der Waals surface area contributed by atoms with E-state index in [1.54, 1.807) is 31.5 Å². The van der Waals surface area contributed by atoms with Crippen molar-refractivity contribution in [3.05, 3.63) is 46.1 Å². The smallest absolute Gasteiger partial charge is 0.255 e. The summed E-state index contributed by atoms with van der Waals surface area (Å²) in [6.07, 6.45) is 9.13. The highest BCUT2D eigenvalue weighted by molar-refractivity contribution is 5.85. The molecule has 2 heterocycles. The third kappa shape index (κ3) is 6.52. The largest absolute Gasteiger partial charge is 0.352 e. The summed E-state index contributed by atoms with van der Waals surface area (Å²) < 4.78 is 0. The Morgan fingerprint density at radius 2 is 1.90 bits per heavy atom. The molecule has 1 unspecified atom stereocenters. The second-order valence-corrected chi connectivity index (χ2v) is 7.20. The second kappa shape index (κ2) is 11.9. The van der Waals surface area contributed by atoms with Gasteiger partial charge in [-0.3, -0.25) is 14.6 Å². The van der Waals surface area contributed by atoms with E-state index in [9.17, 15) is 9.59 Å². The SMILES string of the molecule is Cc1nc(-c2ccncc2)[nH]c(=O)c1CC(=O)NC(CN)C1CCCCC1.Cl.Cl. The minimum Gasteiger partial charge on any atom is -0.352 e. The number of carbonyl (C=O) groups is 1. The fourth-order valence-corrected chi connectivity index (χ4v) is 3.79. The Labute approximate surface area is 183 Å². The van der Waals surface area contributed by atoms with Gasteiger partial charge in [-0.05, 0) is 37.8 Å². The van der Waals surface area contributed by atoms with E-state index in [1.807, 2.05) is 0 Å². The zero-order valence-corrected chi connectivity index (χ0v) is 18.2. The van der Waals surface area contributed by atoms with Gasteiger partial charge >= 0.3 is 0 Å².